The van der Waals surface area contributed by atoms with Crippen LogP contribution in [0.1, 0.15) is 44.5 Å². The van der Waals surface area contributed by atoms with Gasteiger partial charge in [-0.3, -0.25) is 0 Å². The van der Waals surface area contributed by atoms with Gasteiger partial charge in [0.2, 0.25) is 0 Å². The molecule has 12 aromatic rings. The van der Waals surface area contributed by atoms with Crippen LogP contribution in [0.4, 0.5) is 0 Å². The van der Waals surface area contributed by atoms with Gasteiger partial charge in [0.1, 0.15) is 0 Å². The Kier molecular flexibility index (Phi) is 10.9. The van der Waals surface area contributed by atoms with Crippen molar-refractivity contribution in [1.82, 2.24) is 29.9 Å². The lowest BCUT2D eigenvalue weighted by Crippen LogP contribution is -2.26. The maximum absolute atomic E-state index is 5.06. The molecule has 1 spiro atoms. The van der Waals surface area contributed by atoms with Gasteiger partial charge >= 0.3 is 0 Å². The third kappa shape index (κ3) is 7.88. The van der Waals surface area contributed by atoms with Crippen LogP contribution in [0.5, 0.6) is 0 Å². The molecular weight excluding hydrogens is 937 g/mol. The van der Waals surface area contributed by atoms with Crippen molar-refractivity contribution in [2.75, 3.05) is 0 Å². The second kappa shape index (κ2) is 18.3. The van der Waals surface area contributed by atoms with Crippen LogP contribution >= 0.6 is 0 Å². The Morgan fingerprint density at radius 2 is 0.429 bits per heavy atom. The number of hydrogen-bond acceptors (Lipinski definition) is 6. The summed E-state index contributed by atoms with van der Waals surface area (Å²) in [4.78, 5) is 30.2. The van der Waals surface area contributed by atoms with Crippen LogP contribution < -0.4 is 0 Å². The second-order valence-electron chi connectivity index (χ2n) is 20.6. The molecule has 77 heavy (non-hydrogen) atoms. The van der Waals surface area contributed by atoms with E-state index in [0.717, 1.165) is 55.6 Å². The van der Waals surface area contributed by atoms with Gasteiger partial charge in [0, 0.05) is 33.4 Å². The molecule has 0 fully saturated rings. The second-order valence-corrected chi connectivity index (χ2v) is 20.6. The highest BCUT2D eigenvalue weighted by Crippen LogP contribution is 2.63. The molecular formula is C71H50N6. The molecule has 0 radical (unpaired) electrons. The van der Waals surface area contributed by atoms with Crippen LogP contribution in [0.3, 0.4) is 0 Å². The third-order valence-corrected chi connectivity index (χ3v) is 15.6. The minimum Gasteiger partial charge on any atom is -0.208 e. The topological polar surface area (TPSA) is 77.3 Å². The van der Waals surface area contributed by atoms with Crippen LogP contribution in [0, 0.1) is 27.7 Å². The van der Waals surface area contributed by atoms with E-state index in [0.29, 0.717) is 34.9 Å². The molecule has 2 heterocycles. The Morgan fingerprint density at radius 3 is 0.714 bits per heavy atom. The van der Waals surface area contributed by atoms with Gasteiger partial charge in [0.05, 0.1) is 5.41 Å². The van der Waals surface area contributed by atoms with Gasteiger partial charge in [-0.05, 0) is 107 Å². The summed E-state index contributed by atoms with van der Waals surface area (Å²) in [5.74, 6) is 3.86. The molecule has 364 valence electrons. The van der Waals surface area contributed by atoms with E-state index in [-0.39, 0.29) is 0 Å². The van der Waals surface area contributed by atoms with E-state index >= 15 is 0 Å². The summed E-state index contributed by atoms with van der Waals surface area (Å²) in [5, 5.41) is 0. The smallest absolute Gasteiger partial charge is 0.164 e. The average molecular weight is 987 g/mol. The minimum atomic E-state index is -0.545. The molecule has 6 heteroatoms. The van der Waals surface area contributed by atoms with Crippen molar-refractivity contribution < 1.29 is 0 Å². The lowest BCUT2D eigenvalue weighted by molar-refractivity contribution is 0.794. The number of fused-ring (bicyclic) bond motifs is 10. The molecule has 10 aromatic carbocycles. The largest absolute Gasteiger partial charge is 0.208 e. The quantitative estimate of drug-likeness (QED) is 0.151. The van der Waals surface area contributed by atoms with Crippen molar-refractivity contribution in [1.29, 1.82) is 0 Å². The van der Waals surface area contributed by atoms with Crippen LogP contribution in [-0.4, -0.2) is 29.9 Å². The molecule has 6 nitrogen and oxygen atoms in total. The average Bonchev–Trinajstić information content (AvgIpc) is 4.14. The Balaban J connectivity index is 0.850. The first kappa shape index (κ1) is 45.8. The zero-order valence-electron chi connectivity index (χ0n) is 43.1. The number of nitrogens with zero attached hydrogens (tertiary/aromatic N) is 6. The standard InChI is InChI=1S/C71H50N6/c1-43-13-21-49(22-14-43)65-72-66(50-23-15-44(2)16-24-50)75-69(74-65)53-33-29-47(30-34-53)55-37-39-59-57-9-5-7-11-61(57)71(63(59)41-55)62-12-8-6-10-58(62)60-40-38-56(42-64(60)71)48-31-35-54(36-32-48)70-76-67(51-25-17-45(3)18-26-51)73-68(77-70)52-27-19-46(4)20-28-52/h5-42H,1-4H3. The molecule has 0 unspecified atom stereocenters. The Morgan fingerprint density at radius 1 is 0.208 bits per heavy atom. The highest BCUT2D eigenvalue weighted by molar-refractivity contribution is 5.97. The van der Waals surface area contributed by atoms with Crippen LogP contribution in [-0.2, 0) is 5.41 Å². The van der Waals surface area contributed by atoms with Gasteiger partial charge in [0.15, 0.2) is 34.9 Å². The van der Waals surface area contributed by atoms with E-state index in [9.17, 15) is 0 Å². The van der Waals surface area contributed by atoms with E-state index in [2.05, 4.69) is 258 Å². The van der Waals surface area contributed by atoms with E-state index < -0.39 is 5.41 Å². The first-order chi connectivity index (χ1) is 37.7. The lowest BCUT2D eigenvalue weighted by atomic mass is 9.70. The molecule has 0 bridgehead atoms. The zero-order valence-corrected chi connectivity index (χ0v) is 43.1. The molecule has 0 saturated carbocycles. The number of benzene rings is 10. The molecule has 0 saturated heterocycles. The summed E-state index contributed by atoms with van der Waals surface area (Å²) in [7, 11) is 0. The van der Waals surface area contributed by atoms with E-state index in [1.807, 2.05) is 0 Å². The molecule has 0 amide bonds. The minimum absolute atomic E-state index is 0.545. The van der Waals surface area contributed by atoms with Gasteiger partial charge in [-0.25, -0.2) is 29.9 Å². The maximum Gasteiger partial charge on any atom is 0.164 e. The highest BCUT2D eigenvalue weighted by Gasteiger charge is 2.51. The third-order valence-electron chi connectivity index (χ3n) is 15.6. The summed E-state index contributed by atoms with van der Waals surface area (Å²) >= 11 is 0. The van der Waals surface area contributed by atoms with Crippen molar-refractivity contribution in [2.45, 2.75) is 33.1 Å². The van der Waals surface area contributed by atoms with Crippen molar-refractivity contribution in [3.05, 3.63) is 275 Å². The zero-order chi connectivity index (χ0) is 51.8. The summed E-state index contributed by atoms with van der Waals surface area (Å²) < 4.78 is 0. The number of hydrogen-bond donors (Lipinski definition) is 0. The Labute approximate surface area is 448 Å². The van der Waals surface area contributed by atoms with Gasteiger partial charge in [-0.2, -0.15) is 0 Å². The monoisotopic (exact) mass is 986 g/mol. The summed E-state index contributed by atoms with van der Waals surface area (Å²) in [6.45, 7) is 8.37. The van der Waals surface area contributed by atoms with Gasteiger partial charge in [0.25, 0.3) is 0 Å². The molecule has 0 N–H and O–H groups in total. The van der Waals surface area contributed by atoms with E-state index in [1.165, 1.54) is 66.8 Å². The number of rotatable bonds is 8. The van der Waals surface area contributed by atoms with Crippen molar-refractivity contribution in [3.8, 4) is 113 Å². The van der Waals surface area contributed by atoms with Crippen molar-refractivity contribution in [3.63, 3.8) is 0 Å². The lowest BCUT2D eigenvalue weighted by Gasteiger charge is -2.31. The fourth-order valence-electron chi connectivity index (χ4n) is 11.5. The Bertz CT molecular complexity index is 3850. The summed E-state index contributed by atoms with van der Waals surface area (Å²) in [6, 6.07) is 82.9. The molecule has 2 aliphatic rings. The molecule has 14 rings (SSSR count). The van der Waals surface area contributed by atoms with Crippen LogP contribution in [0.2, 0.25) is 0 Å². The summed E-state index contributed by atoms with van der Waals surface area (Å²) in [6.07, 6.45) is 0. The maximum atomic E-state index is 5.06. The Hall–Kier alpha value is -9.78. The molecule has 0 atom stereocenters. The van der Waals surface area contributed by atoms with Crippen molar-refractivity contribution in [2.24, 2.45) is 0 Å². The SMILES string of the molecule is Cc1ccc(-c2nc(-c3ccc(C)cc3)nc(-c3ccc(-c4ccc5c(c4)C4(c6ccccc6-5)c5ccccc5-c5ccc(-c6ccc(-c7nc(-c8ccc(C)cc8)nc(-c8ccc(C)cc8)n7)cc6)cc54)cc3)n2)cc1. The van der Waals surface area contributed by atoms with Crippen LogP contribution in [0.25, 0.3) is 113 Å². The molecule has 0 aliphatic heterocycles. The van der Waals surface area contributed by atoms with E-state index in [1.54, 1.807) is 0 Å². The predicted octanol–water partition coefficient (Wildman–Crippen LogP) is 17.0. The van der Waals surface area contributed by atoms with Crippen molar-refractivity contribution >= 4 is 0 Å². The first-order valence-electron chi connectivity index (χ1n) is 26.2. The highest BCUT2D eigenvalue weighted by atomic mass is 15.0. The fraction of sp³-hybridized carbons (Fsp3) is 0.0704. The normalized spacial score (nSPS) is 12.5. The predicted molar refractivity (Wildman–Crippen MR) is 312 cm³/mol. The van der Waals surface area contributed by atoms with E-state index in [4.69, 9.17) is 29.9 Å². The molecule has 2 aliphatic carbocycles. The number of aromatic nitrogens is 6. The fourth-order valence-corrected chi connectivity index (χ4v) is 11.5. The van der Waals surface area contributed by atoms with Gasteiger partial charge in [-0.1, -0.05) is 241 Å². The summed E-state index contributed by atoms with van der Waals surface area (Å²) in [5.41, 5.74) is 24.6. The van der Waals surface area contributed by atoms with Gasteiger partial charge in [-0.15, -0.1) is 0 Å². The number of aryl methyl sites for hydroxylation is 4. The molecule has 2 aromatic heterocycles. The van der Waals surface area contributed by atoms with Crippen LogP contribution in [0.15, 0.2) is 231 Å². The van der Waals surface area contributed by atoms with Gasteiger partial charge < -0.3 is 0 Å². The first-order valence-corrected chi connectivity index (χ1v) is 26.2.